The predicted octanol–water partition coefficient (Wildman–Crippen LogP) is 6.89. The number of likely N-dealkylation sites (tertiary alicyclic amines) is 1. The van der Waals surface area contributed by atoms with Gasteiger partial charge in [-0.2, -0.15) is 5.10 Å². The zero-order valence-electron chi connectivity index (χ0n) is 27.0. The number of methoxy groups -OCH3 is 1. The van der Waals surface area contributed by atoms with Crippen molar-refractivity contribution in [3.05, 3.63) is 71.5 Å². The second-order valence-electron chi connectivity index (χ2n) is 13.7. The van der Waals surface area contributed by atoms with Crippen LogP contribution in [0.1, 0.15) is 76.2 Å². The number of carbonyl (C=O) groups is 1. The summed E-state index contributed by atoms with van der Waals surface area (Å²) in [5, 5.41) is 12.5. The Balaban J connectivity index is 1.10. The molecule has 1 saturated heterocycles. The van der Waals surface area contributed by atoms with E-state index in [9.17, 15) is 9.18 Å². The standard InChI is InChI=1S/C36H48ClFN6O2/c1-46-34-22-31(15-16-32(34)38)41-29-11-13-30(14-12-29)42-33(21-26-7-9-28(37)10-8-26)35(45)43-19-17-36(18-20-43,23-44-25-39-24-40-44)27-5-3-2-4-6-27/h7-10,15-16,22,24-25,27,29-30,33,41-42H,2-6,11-14,17-21,23H2,1H3/t29?,30?,33-/m1/s1. The summed E-state index contributed by atoms with van der Waals surface area (Å²) in [6.07, 6.45) is 16.4. The van der Waals surface area contributed by atoms with E-state index in [1.54, 1.807) is 18.5 Å². The molecule has 1 amide bonds. The molecular formula is C36H48ClFN6O2. The molecule has 3 aromatic rings. The summed E-state index contributed by atoms with van der Waals surface area (Å²) in [4.78, 5) is 20.6. The first-order valence-electron chi connectivity index (χ1n) is 17.1. The minimum absolute atomic E-state index is 0.157. The number of nitrogens with one attached hydrogen (secondary N) is 2. The topological polar surface area (TPSA) is 84.3 Å². The molecule has 2 N–H and O–H groups in total. The quantitative estimate of drug-likeness (QED) is 0.235. The van der Waals surface area contributed by atoms with Crippen LogP contribution in [0.4, 0.5) is 10.1 Å². The van der Waals surface area contributed by atoms with Crippen molar-refractivity contribution in [1.29, 1.82) is 0 Å². The number of anilines is 1. The van der Waals surface area contributed by atoms with Gasteiger partial charge in [-0.05, 0) is 98.9 Å². The largest absolute Gasteiger partial charge is 0.494 e. The maximum Gasteiger partial charge on any atom is 0.240 e. The second-order valence-corrected chi connectivity index (χ2v) is 14.1. The van der Waals surface area contributed by atoms with Gasteiger partial charge in [0.1, 0.15) is 12.7 Å². The predicted molar refractivity (Wildman–Crippen MR) is 180 cm³/mol. The van der Waals surface area contributed by atoms with Gasteiger partial charge in [0.25, 0.3) is 0 Å². The average molecular weight is 651 g/mol. The molecule has 3 fully saturated rings. The van der Waals surface area contributed by atoms with Crippen LogP contribution in [0, 0.1) is 17.2 Å². The molecule has 0 spiro atoms. The number of aromatic nitrogens is 3. The van der Waals surface area contributed by atoms with Crippen LogP contribution < -0.4 is 15.4 Å². The molecule has 10 heteroatoms. The van der Waals surface area contributed by atoms with Gasteiger partial charge in [0.05, 0.1) is 13.2 Å². The Bertz CT molecular complexity index is 1400. The number of halogens is 2. The van der Waals surface area contributed by atoms with E-state index in [4.69, 9.17) is 16.3 Å². The molecule has 0 radical (unpaired) electrons. The van der Waals surface area contributed by atoms with Crippen molar-refractivity contribution in [2.45, 2.75) is 102 Å². The molecule has 248 valence electrons. The molecule has 8 nitrogen and oxygen atoms in total. The van der Waals surface area contributed by atoms with E-state index in [0.29, 0.717) is 23.4 Å². The number of benzene rings is 2. The van der Waals surface area contributed by atoms with Gasteiger partial charge in [-0.15, -0.1) is 0 Å². The molecule has 2 heterocycles. The van der Waals surface area contributed by atoms with Crippen molar-refractivity contribution >= 4 is 23.2 Å². The lowest BCUT2D eigenvalue weighted by Gasteiger charge is -2.48. The summed E-state index contributed by atoms with van der Waals surface area (Å²) < 4.78 is 21.1. The van der Waals surface area contributed by atoms with Gasteiger partial charge in [0.2, 0.25) is 5.91 Å². The van der Waals surface area contributed by atoms with Crippen LogP contribution in [0.2, 0.25) is 5.02 Å². The van der Waals surface area contributed by atoms with E-state index < -0.39 is 0 Å². The summed E-state index contributed by atoms with van der Waals surface area (Å²) in [7, 11) is 1.48. The van der Waals surface area contributed by atoms with Crippen LogP contribution >= 0.6 is 11.6 Å². The highest BCUT2D eigenvalue weighted by molar-refractivity contribution is 6.30. The first kappa shape index (κ1) is 32.8. The highest BCUT2D eigenvalue weighted by Crippen LogP contribution is 2.47. The molecule has 1 atom stereocenters. The van der Waals surface area contributed by atoms with E-state index in [2.05, 4.69) is 25.6 Å². The van der Waals surface area contributed by atoms with Crippen LogP contribution in [-0.2, 0) is 17.8 Å². The fourth-order valence-corrected chi connectivity index (χ4v) is 8.31. The van der Waals surface area contributed by atoms with E-state index >= 15 is 0 Å². The second kappa shape index (κ2) is 15.2. The number of nitrogens with zero attached hydrogens (tertiary/aromatic N) is 4. The lowest BCUT2D eigenvalue weighted by atomic mass is 9.63. The Morgan fingerprint density at radius 3 is 2.41 bits per heavy atom. The summed E-state index contributed by atoms with van der Waals surface area (Å²) in [6.45, 7) is 2.44. The highest BCUT2D eigenvalue weighted by atomic mass is 35.5. The maximum absolute atomic E-state index is 14.3. The molecule has 2 aliphatic carbocycles. The molecule has 46 heavy (non-hydrogen) atoms. The van der Waals surface area contributed by atoms with Crippen LogP contribution in [0.15, 0.2) is 55.1 Å². The summed E-state index contributed by atoms with van der Waals surface area (Å²) >= 11 is 6.19. The van der Waals surface area contributed by atoms with Crippen molar-refractivity contribution < 1.29 is 13.9 Å². The highest BCUT2D eigenvalue weighted by Gasteiger charge is 2.44. The molecule has 2 saturated carbocycles. The van der Waals surface area contributed by atoms with Crippen molar-refractivity contribution in [2.75, 3.05) is 25.5 Å². The first-order valence-corrected chi connectivity index (χ1v) is 17.5. The van der Waals surface area contributed by atoms with Gasteiger partial charge >= 0.3 is 0 Å². The van der Waals surface area contributed by atoms with Crippen LogP contribution in [0.3, 0.4) is 0 Å². The van der Waals surface area contributed by atoms with Crippen molar-refractivity contribution in [2.24, 2.45) is 11.3 Å². The zero-order chi connectivity index (χ0) is 31.9. The minimum Gasteiger partial charge on any atom is -0.494 e. The number of hydrogen-bond donors (Lipinski definition) is 2. The number of piperidine rings is 1. The van der Waals surface area contributed by atoms with Gasteiger partial charge in [0.15, 0.2) is 11.6 Å². The Hall–Kier alpha value is -3.17. The van der Waals surface area contributed by atoms with E-state index in [1.165, 1.54) is 45.3 Å². The van der Waals surface area contributed by atoms with Crippen molar-refractivity contribution in [3.63, 3.8) is 0 Å². The van der Waals surface area contributed by atoms with Crippen LogP contribution in [-0.4, -0.2) is 63.9 Å². The fraction of sp³-hybridized carbons (Fsp3) is 0.583. The van der Waals surface area contributed by atoms with Gasteiger partial charge < -0.3 is 20.3 Å². The van der Waals surface area contributed by atoms with Crippen LogP contribution in [0.25, 0.3) is 0 Å². The Morgan fingerprint density at radius 1 is 1.02 bits per heavy atom. The maximum atomic E-state index is 14.3. The van der Waals surface area contributed by atoms with Crippen LogP contribution in [0.5, 0.6) is 5.75 Å². The van der Waals surface area contributed by atoms with E-state index in [1.807, 2.05) is 35.3 Å². The van der Waals surface area contributed by atoms with Crippen molar-refractivity contribution in [1.82, 2.24) is 25.0 Å². The fourth-order valence-electron chi connectivity index (χ4n) is 8.19. The molecule has 3 aliphatic rings. The monoisotopic (exact) mass is 650 g/mol. The Morgan fingerprint density at radius 2 is 1.74 bits per heavy atom. The third-order valence-electron chi connectivity index (χ3n) is 10.8. The molecule has 0 unspecified atom stereocenters. The summed E-state index contributed by atoms with van der Waals surface area (Å²) in [5.41, 5.74) is 2.13. The SMILES string of the molecule is COc1cc(NC2CCC(N[C@H](Cc3ccc(Cl)cc3)C(=O)N3CCC(Cn4cncn4)(C4CCCCC4)CC3)CC2)ccc1F. The lowest BCUT2D eigenvalue weighted by Crippen LogP contribution is -2.55. The summed E-state index contributed by atoms with van der Waals surface area (Å²) in [5.74, 6) is 0.758. The Kier molecular flexibility index (Phi) is 10.8. The van der Waals surface area contributed by atoms with Gasteiger partial charge in [-0.3, -0.25) is 9.48 Å². The van der Waals surface area contributed by atoms with E-state index in [0.717, 1.165) is 69.4 Å². The third kappa shape index (κ3) is 8.03. The molecule has 2 aromatic carbocycles. The number of hydrogen-bond acceptors (Lipinski definition) is 6. The Labute approximate surface area is 277 Å². The number of ether oxygens (including phenoxy) is 1. The molecule has 0 bridgehead atoms. The normalized spacial score (nSPS) is 22.7. The number of rotatable bonds is 11. The molecule has 1 aliphatic heterocycles. The van der Waals surface area contributed by atoms with Crippen molar-refractivity contribution in [3.8, 4) is 5.75 Å². The molecule has 6 rings (SSSR count). The van der Waals surface area contributed by atoms with Gasteiger partial charge in [-0.1, -0.05) is 43.0 Å². The van der Waals surface area contributed by atoms with Gasteiger partial charge in [0, 0.05) is 48.5 Å². The van der Waals surface area contributed by atoms with E-state index in [-0.39, 0.29) is 35.0 Å². The smallest absolute Gasteiger partial charge is 0.240 e. The molecule has 1 aromatic heterocycles. The number of carbonyl (C=O) groups excluding carboxylic acids is 1. The number of amides is 1. The average Bonchev–Trinajstić information content (AvgIpc) is 3.60. The lowest BCUT2D eigenvalue weighted by molar-refractivity contribution is -0.137. The minimum atomic E-state index is -0.360. The summed E-state index contributed by atoms with van der Waals surface area (Å²) in [6, 6.07) is 13.0. The third-order valence-corrected chi connectivity index (χ3v) is 11.1. The zero-order valence-corrected chi connectivity index (χ0v) is 27.7. The molecular weight excluding hydrogens is 603 g/mol. The first-order chi connectivity index (χ1) is 22.4. The van der Waals surface area contributed by atoms with Gasteiger partial charge in [-0.25, -0.2) is 9.37 Å².